The smallest absolute Gasteiger partial charge is 0.191 e. The molecule has 0 saturated carbocycles. The summed E-state index contributed by atoms with van der Waals surface area (Å²) in [6.45, 7) is 7.30. The first kappa shape index (κ1) is 17.7. The predicted octanol–water partition coefficient (Wildman–Crippen LogP) is 3.03. The summed E-state index contributed by atoms with van der Waals surface area (Å²) in [7, 11) is 0. The van der Waals surface area contributed by atoms with Crippen LogP contribution in [0.15, 0.2) is 23.2 Å². The lowest BCUT2D eigenvalue weighted by molar-refractivity contribution is 0.560. The van der Waals surface area contributed by atoms with Crippen molar-refractivity contribution in [3.63, 3.8) is 0 Å². The Morgan fingerprint density at radius 2 is 2.32 bits per heavy atom. The van der Waals surface area contributed by atoms with Crippen LogP contribution in [0, 0.1) is 12.8 Å². The Kier molecular flexibility index (Phi) is 6.62. The van der Waals surface area contributed by atoms with Crippen molar-refractivity contribution in [3.8, 4) is 0 Å². The SMILES string of the molecule is Cc1ccc(Cl)cc1N1CCC(CNC2=NCCCN2)C1.I. The van der Waals surface area contributed by atoms with Gasteiger partial charge in [-0.1, -0.05) is 17.7 Å². The minimum Gasteiger partial charge on any atom is -0.371 e. The molecule has 2 aliphatic rings. The lowest BCUT2D eigenvalue weighted by Crippen LogP contribution is -2.43. The molecule has 0 spiro atoms. The van der Waals surface area contributed by atoms with Crippen molar-refractivity contribution in [3.05, 3.63) is 28.8 Å². The Hall–Kier alpha value is -0.690. The van der Waals surface area contributed by atoms with E-state index in [1.54, 1.807) is 0 Å². The Balaban J connectivity index is 0.00000176. The number of hydrogen-bond donors (Lipinski definition) is 2. The van der Waals surface area contributed by atoms with Gasteiger partial charge in [-0.05, 0) is 43.4 Å². The first-order valence-electron chi connectivity index (χ1n) is 7.75. The molecule has 1 saturated heterocycles. The Bertz CT molecular complexity index is 535. The molecule has 2 heterocycles. The van der Waals surface area contributed by atoms with E-state index in [4.69, 9.17) is 11.6 Å². The second-order valence-electron chi connectivity index (χ2n) is 5.92. The first-order chi connectivity index (χ1) is 10.2. The summed E-state index contributed by atoms with van der Waals surface area (Å²) in [6.07, 6.45) is 2.35. The summed E-state index contributed by atoms with van der Waals surface area (Å²) >= 11 is 6.13. The Labute approximate surface area is 154 Å². The largest absolute Gasteiger partial charge is 0.371 e. The van der Waals surface area contributed by atoms with E-state index in [9.17, 15) is 0 Å². The van der Waals surface area contributed by atoms with Crippen LogP contribution in [0.3, 0.4) is 0 Å². The highest BCUT2D eigenvalue weighted by molar-refractivity contribution is 14.0. The normalized spacial score (nSPS) is 20.9. The fourth-order valence-electron chi connectivity index (χ4n) is 3.03. The van der Waals surface area contributed by atoms with Crippen LogP contribution in [0.5, 0.6) is 0 Å². The van der Waals surface area contributed by atoms with E-state index in [0.29, 0.717) is 5.92 Å². The molecule has 0 amide bonds. The fraction of sp³-hybridized carbons (Fsp3) is 0.562. The molecule has 1 fully saturated rings. The number of guanidine groups is 1. The van der Waals surface area contributed by atoms with Crippen molar-refractivity contribution < 1.29 is 0 Å². The second kappa shape index (κ2) is 8.24. The summed E-state index contributed by atoms with van der Waals surface area (Å²) in [5, 5.41) is 7.58. The third-order valence-electron chi connectivity index (χ3n) is 4.25. The number of halogens is 2. The number of aliphatic imine (C=N–C) groups is 1. The highest BCUT2D eigenvalue weighted by Gasteiger charge is 2.24. The van der Waals surface area contributed by atoms with Gasteiger partial charge >= 0.3 is 0 Å². The number of rotatable bonds is 3. The van der Waals surface area contributed by atoms with Gasteiger partial charge < -0.3 is 15.5 Å². The maximum absolute atomic E-state index is 6.13. The molecule has 3 rings (SSSR count). The van der Waals surface area contributed by atoms with Crippen LogP contribution in [0.4, 0.5) is 5.69 Å². The quantitative estimate of drug-likeness (QED) is 0.719. The summed E-state index contributed by atoms with van der Waals surface area (Å²) in [5.74, 6) is 1.63. The van der Waals surface area contributed by atoms with Gasteiger partial charge in [0.1, 0.15) is 0 Å². The summed E-state index contributed by atoms with van der Waals surface area (Å²) in [5.41, 5.74) is 2.57. The van der Waals surface area contributed by atoms with E-state index in [1.165, 1.54) is 17.7 Å². The number of benzene rings is 1. The summed E-state index contributed by atoms with van der Waals surface area (Å²) in [6, 6.07) is 6.14. The van der Waals surface area contributed by atoms with Gasteiger partial charge in [-0.2, -0.15) is 0 Å². The molecule has 1 aromatic carbocycles. The zero-order valence-electron chi connectivity index (χ0n) is 12.9. The van der Waals surface area contributed by atoms with Gasteiger partial charge in [-0.15, -0.1) is 24.0 Å². The molecule has 1 atom stereocenters. The molecule has 6 heteroatoms. The fourth-order valence-corrected chi connectivity index (χ4v) is 3.20. The second-order valence-corrected chi connectivity index (χ2v) is 6.36. The summed E-state index contributed by atoms with van der Waals surface area (Å²) < 4.78 is 0. The van der Waals surface area contributed by atoms with Crippen LogP contribution in [-0.4, -0.2) is 38.7 Å². The van der Waals surface area contributed by atoms with Crippen molar-refractivity contribution in [2.45, 2.75) is 19.8 Å². The number of nitrogens with one attached hydrogen (secondary N) is 2. The van der Waals surface area contributed by atoms with Gasteiger partial charge in [0.15, 0.2) is 5.96 Å². The standard InChI is InChI=1S/C16H23ClN4.HI/c1-12-3-4-14(17)9-15(12)21-8-5-13(11-21)10-20-16-18-6-2-7-19-16;/h3-4,9,13H,2,5-8,10-11H2,1H3,(H2,18,19,20);1H. The molecule has 122 valence electrons. The number of nitrogens with zero attached hydrogens (tertiary/aromatic N) is 2. The van der Waals surface area contributed by atoms with E-state index in [1.807, 2.05) is 6.07 Å². The monoisotopic (exact) mass is 434 g/mol. The topological polar surface area (TPSA) is 39.7 Å². The molecule has 1 unspecified atom stereocenters. The van der Waals surface area contributed by atoms with Crippen molar-refractivity contribution in [1.82, 2.24) is 10.6 Å². The third-order valence-corrected chi connectivity index (χ3v) is 4.49. The van der Waals surface area contributed by atoms with Crippen molar-refractivity contribution in [2.24, 2.45) is 10.9 Å². The van der Waals surface area contributed by atoms with E-state index < -0.39 is 0 Å². The maximum atomic E-state index is 6.13. The molecule has 0 bridgehead atoms. The van der Waals surface area contributed by atoms with E-state index in [0.717, 1.165) is 50.1 Å². The first-order valence-corrected chi connectivity index (χ1v) is 8.13. The van der Waals surface area contributed by atoms with Gasteiger partial charge in [-0.25, -0.2) is 0 Å². The van der Waals surface area contributed by atoms with Crippen molar-refractivity contribution in [1.29, 1.82) is 0 Å². The van der Waals surface area contributed by atoms with Gasteiger partial charge in [-0.3, -0.25) is 4.99 Å². The molecule has 1 aromatic rings. The van der Waals surface area contributed by atoms with Gasteiger partial charge in [0.05, 0.1) is 0 Å². The molecular weight excluding hydrogens is 411 g/mol. The molecule has 22 heavy (non-hydrogen) atoms. The average molecular weight is 435 g/mol. The number of aryl methyl sites for hydroxylation is 1. The Morgan fingerprint density at radius 1 is 1.45 bits per heavy atom. The van der Waals surface area contributed by atoms with Crippen LogP contribution in [0.2, 0.25) is 5.02 Å². The number of anilines is 1. The molecule has 2 aliphatic heterocycles. The number of hydrogen-bond acceptors (Lipinski definition) is 4. The predicted molar refractivity (Wildman–Crippen MR) is 105 cm³/mol. The van der Waals surface area contributed by atoms with Crippen LogP contribution in [0.1, 0.15) is 18.4 Å². The molecule has 0 aromatic heterocycles. The van der Waals surface area contributed by atoms with Crippen LogP contribution < -0.4 is 15.5 Å². The van der Waals surface area contributed by atoms with Crippen LogP contribution in [-0.2, 0) is 0 Å². The van der Waals surface area contributed by atoms with E-state index >= 15 is 0 Å². The van der Waals surface area contributed by atoms with E-state index in [-0.39, 0.29) is 24.0 Å². The highest BCUT2D eigenvalue weighted by atomic mass is 127. The molecule has 0 aliphatic carbocycles. The van der Waals surface area contributed by atoms with Gasteiger partial charge in [0.25, 0.3) is 0 Å². The molecule has 2 N–H and O–H groups in total. The lowest BCUT2D eigenvalue weighted by Gasteiger charge is -2.22. The molecule has 4 nitrogen and oxygen atoms in total. The van der Waals surface area contributed by atoms with E-state index in [2.05, 4.69) is 39.6 Å². The van der Waals surface area contributed by atoms with Crippen molar-refractivity contribution >= 4 is 47.2 Å². The molecule has 0 radical (unpaired) electrons. The zero-order valence-corrected chi connectivity index (χ0v) is 16.0. The Morgan fingerprint density at radius 3 is 3.09 bits per heavy atom. The molecular formula is C16H24ClIN4. The summed E-state index contributed by atoms with van der Waals surface area (Å²) in [4.78, 5) is 6.90. The minimum atomic E-state index is 0. The third kappa shape index (κ3) is 4.41. The van der Waals surface area contributed by atoms with Crippen molar-refractivity contribution in [2.75, 3.05) is 37.6 Å². The maximum Gasteiger partial charge on any atom is 0.191 e. The van der Waals surface area contributed by atoms with Gasteiger partial charge in [0, 0.05) is 43.4 Å². The highest BCUT2D eigenvalue weighted by Crippen LogP contribution is 2.29. The lowest BCUT2D eigenvalue weighted by atomic mass is 10.1. The van der Waals surface area contributed by atoms with Crippen LogP contribution >= 0.6 is 35.6 Å². The minimum absolute atomic E-state index is 0. The van der Waals surface area contributed by atoms with Crippen LogP contribution in [0.25, 0.3) is 0 Å². The average Bonchev–Trinajstić information content (AvgIpc) is 2.97. The van der Waals surface area contributed by atoms with Gasteiger partial charge in [0.2, 0.25) is 0 Å². The zero-order chi connectivity index (χ0) is 14.7.